The number of anilines is 1. The van der Waals surface area contributed by atoms with Crippen molar-refractivity contribution >= 4 is 35.8 Å². The van der Waals surface area contributed by atoms with Gasteiger partial charge in [0.25, 0.3) is 5.91 Å². The molecule has 148 valence electrons. The molecule has 0 bridgehead atoms. The molecule has 7 nitrogen and oxygen atoms in total. The number of nitrogens with one attached hydrogen (secondary N) is 2. The molecule has 2 aliphatic rings. The molecule has 1 fully saturated rings. The van der Waals surface area contributed by atoms with Gasteiger partial charge in [0.05, 0.1) is 0 Å². The topological polar surface area (TPSA) is 105 Å². The lowest BCUT2D eigenvalue weighted by atomic mass is 10.0. The number of halogens is 1. The van der Waals surface area contributed by atoms with Gasteiger partial charge in [0, 0.05) is 36.3 Å². The van der Waals surface area contributed by atoms with Crippen LogP contribution in [0.1, 0.15) is 54.4 Å². The van der Waals surface area contributed by atoms with Gasteiger partial charge in [0.2, 0.25) is 11.8 Å². The third-order valence-corrected chi connectivity index (χ3v) is 5.03. The summed E-state index contributed by atoms with van der Waals surface area (Å²) in [6.45, 7) is 1.97. The lowest BCUT2D eigenvalue weighted by molar-refractivity contribution is -0.136. The first-order valence-electron chi connectivity index (χ1n) is 9.32. The van der Waals surface area contributed by atoms with Crippen LogP contribution >= 0.6 is 12.4 Å². The summed E-state index contributed by atoms with van der Waals surface area (Å²) in [4.78, 5) is 37.8. The number of amides is 3. The summed E-state index contributed by atoms with van der Waals surface area (Å²) < 4.78 is 0. The zero-order chi connectivity index (χ0) is 18.5. The van der Waals surface area contributed by atoms with E-state index in [2.05, 4.69) is 10.6 Å². The number of carbonyl (C=O) groups excluding carboxylic acids is 3. The molecule has 27 heavy (non-hydrogen) atoms. The van der Waals surface area contributed by atoms with Gasteiger partial charge in [-0.25, -0.2) is 0 Å². The van der Waals surface area contributed by atoms with Crippen molar-refractivity contribution < 1.29 is 14.4 Å². The monoisotopic (exact) mass is 394 g/mol. The molecule has 1 saturated heterocycles. The van der Waals surface area contributed by atoms with Crippen molar-refractivity contribution in [2.24, 2.45) is 5.73 Å². The second-order valence-electron chi connectivity index (χ2n) is 6.86. The van der Waals surface area contributed by atoms with E-state index in [0.29, 0.717) is 18.5 Å². The first-order chi connectivity index (χ1) is 12.6. The molecule has 1 aromatic rings. The zero-order valence-corrected chi connectivity index (χ0v) is 16.1. The van der Waals surface area contributed by atoms with Gasteiger partial charge in [-0.1, -0.05) is 18.9 Å². The Kier molecular flexibility index (Phi) is 7.62. The summed E-state index contributed by atoms with van der Waals surface area (Å²) in [5.41, 5.74) is 8.03. The van der Waals surface area contributed by atoms with Gasteiger partial charge in [-0.3, -0.25) is 19.7 Å². The molecule has 3 rings (SSSR count). The highest BCUT2D eigenvalue weighted by Crippen LogP contribution is 2.32. The van der Waals surface area contributed by atoms with Crippen LogP contribution < -0.4 is 16.4 Å². The highest BCUT2D eigenvalue weighted by atomic mass is 35.5. The first kappa shape index (κ1) is 21.2. The first-order valence-corrected chi connectivity index (χ1v) is 9.32. The molecule has 2 aliphatic heterocycles. The van der Waals surface area contributed by atoms with Gasteiger partial charge in [-0.15, -0.1) is 12.4 Å². The standard InChI is InChI=1S/C19H26N4O3.ClH/c20-10-3-1-2-4-11-21-15-7-5-6-13-14(15)12-23(19(13)26)16-8-9-17(24)22-18(16)25;/h5-7,16,21H,1-4,8-12,20H2,(H,22,24,25);1H. The molecule has 8 heteroatoms. The Morgan fingerprint density at radius 3 is 2.67 bits per heavy atom. The maximum atomic E-state index is 12.7. The molecular formula is C19H27ClN4O3. The second-order valence-corrected chi connectivity index (χ2v) is 6.86. The number of nitrogens with zero attached hydrogens (tertiary/aromatic N) is 1. The van der Waals surface area contributed by atoms with Crippen LogP contribution in [-0.2, 0) is 16.1 Å². The number of rotatable bonds is 8. The summed E-state index contributed by atoms with van der Waals surface area (Å²) in [5.74, 6) is -0.787. The normalized spacial score (nSPS) is 18.8. The van der Waals surface area contributed by atoms with Crippen molar-refractivity contribution in [2.45, 2.75) is 51.1 Å². The Bertz CT molecular complexity index is 710. The average molecular weight is 395 g/mol. The Morgan fingerprint density at radius 2 is 1.93 bits per heavy atom. The van der Waals surface area contributed by atoms with Crippen LogP contribution in [0.3, 0.4) is 0 Å². The lowest BCUT2D eigenvalue weighted by Gasteiger charge is -2.29. The van der Waals surface area contributed by atoms with E-state index in [-0.39, 0.29) is 36.5 Å². The number of piperidine rings is 1. The third kappa shape index (κ3) is 4.78. The highest BCUT2D eigenvalue weighted by Gasteiger charge is 2.39. The van der Waals surface area contributed by atoms with E-state index in [1.54, 1.807) is 11.0 Å². The van der Waals surface area contributed by atoms with Crippen LogP contribution in [0.4, 0.5) is 5.69 Å². The molecule has 0 aliphatic carbocycles. The average Bonchev–Trinajstić information content (AvgIpc) is 2.96. The maximum Gasteiger partial charge on any atom is 0.255 e. The Hall–Kier alpha value is -2.12. The Labute approximate surface area is 165 Å². The van der Waals surface area contributed by atoms with Crippen molar-refractivity contribution in [3.8, 4) is 0 Å². The van der Waals surface area contributed by atoms with Crippen LogP contribution in [0.15, 0.2) is 18.2 Å². The van der Waals surface area contributed by atoms with E-state index in [4.69, 9.17) is 5.73 Å². The van der Waals surface area contributed by atoms with Gasteiger partial charge < -0.3 is 16.0 Å². The molecule has 0 radical (unpaired) electrons. The highest BCUT2D eigenvalue weighted by molar-refractivity contribution is 6.06. The summed E-state index contributed by atoms with van der Waals surface area (Å²) in [6, 6.07) is 5.06. The molecule has 1 unspecified atom stereocenters. The largest absolute Gasteiger partial charge is 0.385 e. The van der Waals surface area contributed by atoms with Crippen molar-refractivity contribution in [3.05, 3.63) is 29.3 Å². The summed E-state index contributed by atoms with van der Waals surface area (Å²) in [7, 11) is 0. The number of hydrogen-bond acceptors (Lipinski definition) is 5. The summed E-state index contributed by atoms with van der Waals surface area (Å²) in [6.07, 6.45) is 5.01. The van der Waals surface area contributed by atoms with E-state index in [1.807, 2.05) is 12.1 Å². The minimum Gasteiger partial charge on any atom is -0.385 e. The predicted molar refractivity (Wildman–Crippen MR) is 106 cm³/mol. The number of imide groups is 1. The summed E-state index contributed by atoms with van der Waals surface area (Å²) >= 11 is 0. The van der Waals surface area contributed by atoms with Gasteiger partial charge in [0.1, 0.15) is 6.04 Å². The summed E-state index contributed by atoms with van der Waals surface area (Å²) in [5, 5.41) is 5.75. The van der Waals surface area contributed by atoms with Crippen LogP contribution in [-0.4, -0.2) is 41.8 Å². The van der Waals surface area contributed by atoms with Crippen LogP contribution in [0, 0.1) is 0 Å². The molecule has 4 N–H and O–H groups in total. The molecule has 1 atom stereocenters. The van der Waals surface area contributed by atoms with E-state index < -0.39 is 6.04 Å². The van der Waals surface area contributed by atoms with Crippen LogP contribution in [0.25, 0.3) is 0 Å². The predicted octanol–water partition coefficient (Wildman–Crippen LogP) is 1.80. The fraction of sp³-hybridized carbons (Fsp3) is 0.526. The molecule has 0 spiro atoms. The molecule has 0 saturated carbocycles. The maximum absolute atomic E-state index is 12.7. The minimum absolute atomic E-state index is 0. The Balaban J connectivity index is 0.00000261. The number of hydrogen-bond donors (Lipinski definition) is 3. The Morgan fingerprint density at radius 1 is 1.15 bits per heavy atom. The van der Waals surface area contributed by atoms with Crippen molar-refractivity contribution in [1.82, 2.24) is 10.2 Å². The van der Waals surface area contributed by atoms with E-state index >= 15 is 0 Å². The van der Waals surface area contributed by atoms with Crippen molar-refractivity contribution in [2.75, 3.05) is 18.4 Å². The van der Waals surface area contributed by atoms with E-state index in [0.717, 1.165) is 50.0 Å². The zero-order valence-electron chi connectivity index (χ0n) is 15.3. The fourth-order valence-corrected chi connectivity index (χ4v) is 3.60. The third-order valence-electron chi connectivity index (χ3n) is 5.03. The van der Waals surface area contributed by atoms with Crippen LogP contribution in [0.2, 0.25) is 0 Å². The van der Waals surface area contributed by atoms with E-state index in [9.17, 15) is 14.4 Å². The van der Waals surface area contributed by atoms with Crippen molar-refractivity contribution in [1.29, 1.82) is 0 Å². The fourth-order valence-electron chi connectivity index (χ4n) is 3.60. The van der Waals surface area contributed by atoms with Gasteiger partial charge in [-0.05, 0) is 37.9 Å². The quantitative estimate of drug-likeness (QED) is 0.460. The van der Waals surface area contributed by atoms with Gasteiger partial charge in [-0.2, -0.15) is 0 Å². The molecule has 3 amide bonds. The lowest BCUT2D eigenvalue weighted by Crippen LogP contribution is -2.52. The smallest absolute Gasteiger partial charge is 0.255 e. The number of unbranched alkanes of at least 4 members (excludes halogenated alkanes) is 3. The number of carbonyl (C=O) groups is 3. The second kappa shape index (κ2) is 9.71. The number of benzene rings is 1. The van der Waals surface area contributed by atoms with Crippen LogP contribution in [0.5, 0.6) is 0 Å². The SMILES string of the molecule is Cl.NCCCCCCNc1cccc2c1CN(C1CCC(=O)NC1=O)C2=O. The van der Waals surface area contributed by atoms with Crippen molar-refractivity contribution in [3.63, 3.8) is 0 Å². The number of fused-ring (bicyclic) bond motifs is 1. The van der Waals surface area contributed by atoms with E-state index in [1.165, 1.54) is 0 Å². The molecule has 1 aromatic carbocycles. The van der Waals surface area contributed by atoms with Gasteiger partial charge >= 0.3 is 0 Å². The minimum atomic E-state index is -0.572. The molecular weight excluding hydrogens is 368 g/mol. The van der Waals surface area contributed by atoms with Gasteiger partial charge in [0.15, 0.2) is 0 Å². The number of nitrogens with two attached hydrogens (primary N) is 1. The molecule has 2 heterocycles. The molecule has 0 aromatic heterocycles.